The van der Waals surface area contributed by atoms with Crippen molar-refractivity contribution in [3.63, 3.8) is 0 Å². The first-order valence-corrected chi connectivity index (χ1v) is 11.9. The minimum Gasteiger partial charge on any atom is -0.493 e. The maximum absolute atomic E-state index is 12.5. The van der Waals surface area contributed by atoms with Gasteiger partial charge in [-0.25, -0.2) is 4.98 Å². The Morgan fingerprint density at radius 2 is 1.74 bits per heavy atom. The van der Waals surface area contributed by atoms with Gasteiger partial charge in [0.05, 0.1) is 12.3 Å². The zero-order valence-electron chi connectivity index (χ0n) is 20.9. The number of benzene rings is 2. The van der Waals surface area contributed by atoms with Gasteiger partial charge in [-0.15, -0.1) is 0 Å². The molecule has 0 spiro atoms. The Bertz CT molecular complexity index is 1110. The highest BCUT2D eigenvalue weighted by atomic mass is 16.6. The van der Waals surface area contributed by atoms with Crippen molar-refractivity contribution in [1.29, 1.82) is 0 Å². The molecule has 3 aromatic rings. The zero-order valence-corrected chi connectivity index (χ0v) is 20.9. The van der Waals surface area contributed by atoms with Crippen molar-refractivity contribution >= 4 is 11.8 Å². The fourth-order valence-electron chi connectivity index (χ4n) is 3.49. The molecule has 186 valence electrons. The average Bonchev–Trinajstić information content (AvgIpc) is 3.19. The summed E-state index contributed by atoms with van der Waals surface area (Å²) in [6.07, 6.45) is 1.83. The van der Waals surface area contributed by atoms with Gasteiger partial charge in [-0.05, 0) is 76.9 Å². The zero-order chi connectivity index (χ0) is 25.4. The van der Waals surface area contributed by atoms with E-state index in [1.807, 2.05) is 37.3 Å². The highest BCUT2D eigenvalue weighted by Crippen LogP contribution is 2.22. The molecule has 7 nitrogen and oxygen atoms in total. The number of nitrogens with two attached hydrogens (primary N) is 1. The average molecular weight is 479 g/mol. The number of ketones is 1. The number of carbonyl (C=O) groups excluding carboxylic acids is 2. The fourth-order valence-corrected chi connectivity index (χ4v) is 3.49. The van der Waals surface area contributed by atoms with E-state index in [1.165, 1.54) is 0 Å². The van der Waals surface area contributed by atoms with Crippen LogP contribution < -0.4 is 10.5 Å². The minimum atomic E-state index is -0.727. The van der Waals surface area contributed by atoms with E-state index in [2.05, 4.69) is 4.98 Å². The molecular formula is C28H34N2O5. The molecule has 2 aromatic carbocycles. The van der Waals surface area contributed by atoms with Gasteiger partial charge in [0.25, 0.3) is 0 Å². The van der Waals surface area contributed by atoms with E-state index in [1.54, 1.807) is 45.0 Å². The molecule has 0 aliphatic carbocycles. The van der Waals surface area contributed by atoms with E-state index in [-0.39, 0.29) is 5.78 Å². The van der Waals surface area contributed by atoms with Crippen LogP contribution in [-0.2, 0) is 16.0 Å². The predicted octanol–water partition coefficient (Wildman–Crippen LogP) is 5.29. The summed E-state index contributed by atoms with van der Waals surface area (Å²) < 4.78 is 16.9. The highest BCUT2D eigenvalue weighted by molar-refractivity contribution is 5.96. The molecule has 1 aromatic heterocycles. The monoisotopic (exact) mass is 478 g/mol. The maximum Gasteiger partial charge on any atom is 0.323 e. The number of ether oxygens (including phenoxy) is 2. The Morgan fingerprint density at radius 1 is 1.06 bits per heavy atom. The fraction of sp³-hybridized carbons (Fsp3) is 0.393. The summed E-state index contributed by atoms with van der Waals surface area (Å²) in [7, 11) is 0. The SMILES string of the molecule is Cc1oc(-c2ccccc2)nc1CCOc1ccc(C(=O)CCC[C@H](N)C(=O)OC(C)(C)C)cc1. The van der Waals surface area contributed by atoms with Crippen molar-refractivity contribution < 1.29 is 23.5 Å². The number of Topliss-reactive ketones (excluding diaryl/α,β-unsaturated/α-hetero) is 1. The van der Waals surface area contributed by atoms with Crippen molar-refractivity contribution in [2.45, 2.75) is 65.0 Å². The highest BCUT2D eigenvalue weighted by Gasteiger charge is 2.22. The van der Waals surface area contributed by atoms with Gasteiger partial charge in [0.2, 0.25) is 5.89 Å². The second-order valence-electron chi connectivity index (χ2n) is 9.47. The van der Waals surface area contributed by atoms with Crippen LogP contribution in [0.15, 0.2) is 59.0 Å². The summed E-state index contributed by atoms with van der Waals surface area (Å²) in [5.41, 5.74) is 7.71. The third-order valence-electron chi connectivity index (χ3n) is 5.33. The molecule has 35 heavy (non-hydrogen) atoms. The van der Waals surface area contributed by atoms with Crippen LogP contribution in [0.2, 0.25) is 0 Å². The quantitative estimate of drug-likeness (QED) is 0.295. The normalized spacial score (nSPS) is 12.3. The van der Waals surface area contributed by atoms with Crippen LogP contribution in [0, 0.1) is 6.92 Å². The Balaban J connectivity index is 1.43. The second kappa shape index (κ2) is 11.8. The van der Waals surface area contributed by atoms with Gasteiger partial charge in [0.1, 0.15) is 23.2 Å². The lowest BCUT2D eigenvalue weighted by Crippen LogP contribution is -2.37. The van der Waals surface area contributed by atoms with Crippen LogP contribution in [0.1, 0.15) is 61.8 Å². The number of aromatic nitrogens is 1. The summed E-state index contributed by atoms with van der Waals surface area (Å²) in [6.45, 7) is 7.73. The Morgan fingerprint density at radius 3 is 2.40 bits per heavy atom. The molecular weight excluding hydrogens is 444 g/mol. The topological polar surface area (TPSA) is 105 Å². The molecule has 2 N–H and O–H groups in total. The number of nitrogens with zero attached hydrogens (tertiary/aromatic N) is 1. The van der Waals surface area contributed by atoms with Crippen LogP contribution in [0.25, 0.3) is 11.5 Å². The van der Waals surface area contributed by atoms with E-state index in [9.17, 15) is 9.59 Å². The van der Waals surface area contributed by atoms with Gasteiger partial charge in [-0.3, -0.25) is 9.59 Å². The number of oxazole rings is 1. The lowest BCUT2D eigenvalue weighted by Gasteiger charge is -2.22. The predicted molar refractivity (Wildman–Crippen MR) is 134 cm³/mol. The summed E-state index contributed by atoms with van der Waals surface area (Å²) in [4.78, 5) is 29.0. The number of aryl methyl sites for hydroxylation is 1. The van der Waals surface area contributed by atoms with Crippen LogP contribution in [0.4, 0.5) is 0 Å². The second-order valence-corrected chi connectivity index (χ2v) is 9.47. The maximum atomic E-state index is 12.5. The van der Waals surface area contributed by atoms with Gasteiger partial charge >= 0.3 is 5.97 Å². The van der Waals surface area contributed by atoms with Gasteiger partial charge in [0, 0.05) is 24.0 Å². The molecule has 0 bridgehead atoms. The first-order valence-electron chi connectivity index (χ1n) is 11.9. The van der Waals surface area contributed by atoms with Crippen LogP contribution >= 0.6 is 0 Å². The summed E-state index contributed by atoms with van der Waals surface area (Å²) in [5, 5.41) is 0. The molecule has 0 saturated heterocycles. The van der Waals surface area contributed by atoms with E-state index in [0.29, 0.717) is 49.5 Å². The summed E-state index contributed by atoms with van der Waals surface area (Å²) >= 11 is 0. The van der Waals surface area contributed by atoms with Crippen LogP contribution in [0.3, 0.4) is 0 Å². The molecule has 0 radical (unpaired) electrons. The van der Waals surface area contributed by atoms with Crippen molar-refractivity contribution in [2.24, 2.45) is 5.73 Å². The Hall–Kier alpha value is -3.45. The number of carbonyl (C=O) groups is 2. The van der Waals surface area contributed by atoms with Gasteiger partial charge in [-0.1, -0.05) is 18.2 Å². The van der Waals surface area contributed by atoms with E-state index in [0.717, 1.165) is 17.0 Å². The van der Waals surface area contributed by atoms with Crippen LogP contribution in [-0.4, -0.2) is 35.0 Å². The van der Waals surface area contributed by atoms with Crippen molar-refractivity contribution in [3.8, 4) is 17.2 Å². The molecule has 0 saturated carbocycles. The number of hydrogen-bond acceptors (Lipinski definition) is 7. The molecule has 7 heteroatoms. The first kappa shape index (κ1) is 26.2. The van der Waals surface area contributed by atoms with Crippen molar-refractivity contribution in [1.82, 2.24) is 4.98 Å². The smallest absolute Gasteiger partial charge is 0.323 e. The van der Waals surface area contributed by atoms with Crippen molar-refractivity contribution in [3.05, 3.63) is 71.6 Å². The molecule has 3 rings (SSSR count). The number of hydrogen-bond donors (Lipinski definition) is 1. The number of esters is 1. The van der Waals surface area contributed by atoms with Gasteiger partial charge < -0.3 is 19.6 Å². The van der Waals surface area contributed by atoms with Crippen LogP contribution in [0.5, 0.6) is 5.75 Å². The molecule has 1 heterocycles. The van der Waals surface area contributed by atoms with Crippen molar-refractivity contribution in [2.75, 3.05) is 6.61 Å². The minimum absolute atomic E-state index is 0.000368. The third kappa shape index (κ3) is 8.07. The lowest BCUT2D eigenvalue weighted by atomic mass is 10.0. The van der Waals surface area contributed by atoms with Gasteiger partial charge in [0.15, 0.2) is 5.78 Å². The number of rotatable bonds is 11. The summed E-state index contributed by atoms with van der Waals surface area (Å²) in [5.74, 6) is 1.62. The van der Waals surface area contributed by atoms with E-state index >= 15 is 0 Å². The molecule has 0 fully saturated rings. The largest absolute Gasteiger partial charge is 0.493 e. The van der Waals surface area contributed by atoms with E-state index < -0.39 is 17.6 Å². The molecule has 1 atom stereocenters. The summed E-state index contributed by atoms with van der Waals surface area (Å²) in [6, 6.07) is 16.1. The molecule has 0 aliphatic rings. The molecule has 0 amide bonds. The standard InChI is InChI=1S/C28H34N2O5/c1-19-24(30-26(34-19)21-9-6-5-7-10-21)17-18-33-22-15-13-20(14-16-22)25(31)12-8-11-23(29)27(32)35-28(2,3)4/h5-7,9-10,13-16,23H,8,11-12,17-18,29H2,1-4H3/t23-/m0/s1. The van der Waals surface area contributed by atoms with Gasteiger partial charge in [-0.2, -0.15) is 0 Å². The Labute approximate surface area is 206 Å². The Kier molecular flexibility index (Phi) is 8.82. The molecule has 0 aliphatic heterocycles. The van der Waals surface area contributed by atoms with E-state index in [4.69, 9.17) is 19.6 Å². The first-order chi connectivity index (χ1) is 16.6. The lowest BCUT2D eigenvalue weighted by molar-refractivity contribution is -0.156. The molecule has 0 unspecified atom stereocenters. The third-order valence-corrected chi connectivity index (χ3v) is 5.33.